The molecular weight excluding hydrogens is 478 g/mol. The van der Waals surface area contributed by atoms with Crippen molar-refractivity contribution in [2.45, 2.75) is 83.1 Å². The third-order valence-electron chi connectivity index (χ3n) is 7.17. The summed E-state index contributed by atoms with van der Waals surface area (Å²) >= 11 is 0. The summed E-state index contributed by atoms with van der Waals surface area (Å²) in [6.07, 6.45) is 7.57. The highest BCUT2D eigenvalue weighted by Crippen LogP contribution is 2.31. The molecule has 0 bridgehead atoms. The second kappa shape index (κ2) is 11.1. The number of pyridine rings is 1. The maximum absolute atomic E-state index is 13.3. The Hall–Kier alpha value is -3.05. The highest BCUT2D eigenvalue weighted by atomic mass is 16.6. The first-order valence-electron chi connectivity index (χ1n) is 13.0. The van der Waals surface area contributed by atoms with Crippen molar-refractivity contribution in [2.75, 3.05) is 26.3 Å². The average Bonchev–Trinajstić information content (AvgIpc) is 3.34. The van der Waals surface area contributed by atoms with Gasteiger partial charge in [0.2, 0.25) is 0 Å². The third kappa shape index (κ3) is 6.10. The number of ether oxygens (including phenoxy) is 2. The van der Waals surface area contributed by atoms with E-state index in [0.717, 1.165) is 31.2 Å². The van der Waals surface area contributed by atoms with Crippen molar-refractivity contribution < 1.29 is 24.2 Å². The molecule has 11 nitrogen and oxygen atoms in total. The van der Waals surface area contributed by atoms with Crippen molar-refractivity contribution >= 4 is 11.9 Å². The first-order valence-corrected chi connectivity index (χ1v) is 13.0. The maximum atomic E-state index is 13.3. The second-order valence-electron chi connectivity index (χ2n) is 10.4. The number of piperidine rings is 1. The van der Waals surface area contributed by atoms with E-state index in [9.17, 15) is 19.5 Å². The van der Waals surface area contributed by atoms with Gasteiger partial charge in [0.25, 0.3) is 11.5 Å². The van der Waals surface area contributed by atoms with Crippen LogP contribution in [0.2, 0.25) is 0 Å². The molecule has 2 saturated heterocycles. The second-order valence-corrected chi connectivity index (χ2v) is 10.4. The van der Waals surface area contributed by atoms with Gasteiger partial charge in [-0.1, -0.05) is 5.21 Å². The predicted octanol–water partition coefficient (Wildman–Crippen LogP) is 1.41. The highest BCUT2D eigenvalue weighted by Gasteiger charge is 2.44. The number of amides is 1. The summed E-state index contributed by atoms with van der Waals surface area (Å²) in [5.41, 5.74) is -1.59. The van der Waals surface area contributed by atoms with Crippen molar-refractivity contribution in [3.8, 4) is 0 Å². The number of carbonyl (C=O) groups excluding carboxylic acids is 2. The Kier molecular flexibility index (Phi) is 8.13. The van der Waals surface area contributed by atoms with Crippen LogP contribution in [0.3, 0.4) is 0 Å². The van der Waals surface area contributed by atoms with E-state index in [2.05, 4.69) is 10.3 Å². The lowest BCUT2D eigenvalue weighted by Gasteiger charge is -2.37. The third-order valence-corrected chi connectivity index (χ3v) is 7.17. The van der Waals surface area contributed by atoms with Gasteiger partial charge >= 0.3 is 5.97 Å². The van der Waals surface area contributed by atoms with Gasteiger partial charge in [-0.15, -0.1) is 5.10 Å². The Morgan fingerprint density at radius 3 is 2.84 bits per heavy atom. The van der Waals surface area contributed by atoms with Gasteiger partial charge in [0, 0.05) is 44.6 Å². The fraction of sp³-hybridized carbons (Fsp3) is 0.654. The molecule has 0 saturated carbocycles. The number of aryl methyl sites for hydroxylation is 1. The minimum absolute atomic E-state index is 0.123. The molecule has 2 aromatic heterocycles. The molecule has 0 radical (unpaired) electrons. The van der Waals surface area contributed by atoms with Crippen LogP contribution in [0, 0.1) is 6.92 Å². The number of rotatable bonds is 8. The lowest BCUT2D eigenvalue weighted by Crippen LogP contribution is -2.53. The van der Waals surface area contributed by atoms with Gasteiger partial charge < -0.3 is 24.0 Å². The largest absolute Gasteiger partial charge is 0.464 e. The lowest BCUT2D eigenvalue weighted by molar-refractivity contribution is -0.178. The van der Waals surface area contributed by atoms with E-state index in [1.165, 1.54) is 17.6 Å². The standard InChI is InChI=1S/C26H37N5O6/c1-4-36-24(34)26(10-5-6-13-37-26)15-20-16-31(28-27-20)21-8-7-11-29(17-21)23(33)25(3,35)18-30-12-9-19(2)14-22(30)32/h9,12,14,16,21,35H,4-8,10-11,13,15,17-18H2,1-3H3. The topological polar surface area (TPSA) is 129 Å². The Morgan fingerprint density at radius 2 is 2.14 bits per heavy atom. The van der Waals surface area contributed by atoms with E-state index in [1.54, 1.807) is 28.8 Å². The summed E-state index contributed by atoms with van der Waals surface area (Å²) in [4.78, 5) is 39.9. The number of aromatic nitrogens is 4. The van der Waals surface area contributed by atoms with Crippen molar-refractivity contribution in [2.24, 2.45) is 0 Å². The lowest BCUT2D eigenvalue weighted by atomic mass is 9.89. The van der Waals surface area contributed by atoms with Crippen LogP contribution < -0.4 is 5.56 Å². The van der Waals surface area contributed by atoms with Crippen LogP contribution in [0.15, 0.2) is 29.3 Å². The van der Waals surface area contributed by atoms with E-state index in [0.29, 0.717) is 31.8 Å². The molecule has 0 spiro atoms. The monoisotopic (exact) mass is 515 g/mol. The van der Waals surface area contributed by atoms with Gasteiger partial charge in [0.15, 0.2) is 11.2 Å². The van der Waals surface area contributed by atoms with Crippen LogP contribution in [-0.4, -0.2) is 78.9 Å². The van der Waals surface area contributed by atoms with Gasteiger partial charge in [-0.25, -0.2) is 9.48 Å². The molecule has 3 atom stereocenters. The molecule has 11 heteroatoms. The summed E-state index contributed by atoms with van der Waals surface area (Å²) in [5.74, 6) is -0.796. The summed E-state index contributed by atoms with van der Waals surface area (Å²) < 4.78 is 14.3. The molecular formula is C26H37N5O6. The molecule has 2 aliphatic rings. The van der Waals surface area contributed by atoms with Crippen LogP contribution in [0.1, 0.15) is 63.3 Å². The molecule has 1 N–H and O–H groups in total. The summed E-state index contributed by atoms with van der Waals surface area (Å²) in [6, 6.07) is 3.12. The number of esters is 1. The Balaban J connectivity index is 1.44. The summed E-state index contributed by atoms with van der Waals surface area (Å²) in [6.45, 7) is 6.56. The maximum Gasteiger partial charge on any atom is 0.338 e. The molecule has 202 valence electrons. The van der Waals surface area contributed by atoms with Crippen molar-refractivity contribution in [3.05, 3.63) is 46.1 Å². The smallest absolute Gasteiger partial charge is 0.338 e. The molecule has 37 heavy (non-hydrogen) atoms. The summed E-state index contributed by atoms with van der Waals surface area (Å²) in [7, 11) is 0. The van der Waals surface area contributed by atoms with E-state index < -0.39 is 17.1 Å². The zero-order chi connectivity index (χ0) is 26.6. The van der Waals surface area contributed by atoms with Gasteiger partial charge in [-0.05, 0) is 64.5 Å². The molecule has 1 amide bonds. The first kappa shape index (κ1) is 27.0. The zero-order valence-corrected chi connectivity index (χ0v) is 21.9. The molecule has 4 heterocycles. The normalized spacial score (nSPS) is 23.9. The van der Waals surface area contributed by atoms with Gasteiger partial charge in [-0.2, -0.15) is 0 Å². The summed E-state index contributed by atoms with van der Waals surface area (Å²) in [5, 5.41) is 19.6. The van der Waals surface area contributed by atoms with E-state index in [-0.39, 0.29) is 37.1 Å². The fourth-order valence-electron chi connectivity index (χ4n) is 5.19. The SMILES string of the molecule is CCOC(=O)C1(Cc2cn(C3CCCN(C(=O)C(C)(O)Cn4ccc(C)cc4=O)C3)nn2)CCCCO1. The fourth-order valence-corrected chi connectivity index (χ4v) is 5.19. The van der Waals surface area contributed by atoms with Crippen molar-refractivity contribution in [3.63, 3.8) is 0 Å². The number of aliphatic hydroxyl groups is 1. The van der Waals surface area contributed by atoms with Crippen LogP contribution in [0.25, 0.3) is 0 Å². The van der Waals surface area contributed by atoms with E-state index in [1.807, 2.05) is 13.1 Å². The Morgan fingerprint density at radius 1 is 1.32 bits per heavy atom. The molecule has 2 aliphatic heterocycles. The Bertz CT molecular complexity index is 1170. The molecule has 3 unspecified atom stereocenters. The zero-order valence-electron chi connectivity index (χ0n) is 21.9. The van der Waals surface area contributed by atoms with Gasteiger partial charge in [-0.3, -0.25) is 9.59 Å². The van der Waals surface area contributed by atoms with Crippen molar-refractivity contribution in [1.29, 1.82) is 0 Å². The number of nitrogens with zero attached hydrogens (tertiary/aromatic N) is 5. The van der Waals surface area contributed by atoms with E-state index in [4.69, 9.17) is 9.47 Å². The number of likely N-dealkylation sites (tertiary alicyclic amines) is 1. The number of hydrogen-bond acceptors (Lipinski definition) is 8. The molecule has 2 fully saturated rings. The average molecular weight is 516 g/mol. The predicted molar refractivity (Wildman–Crippen MR) is 134 cm³/mol. The molecule has 0 aliphatic carbocycles. The van der Waals surface area contributed by atoms with Crippen LogP contribution >= 0.6 is 0 Å². The number of carbonyl (C=O) groups is 2. The number of hydrogen-bond donors (Lipinski definition) is 1. The van der Waals surface area contributed by atoms with Crippen LogP contribution in [-0.2, 0) is 32.0 Å². The van der Waals surface area contributed by atoms with Crippen LogP contribution in [0.5, 0.6) is 0 Å². The first-order chi connectivity index (χ1) is 17.6. The highest BCUT2D eigenvalue weighted by molar-refractivity contribution is 5.84. The van der Waals surface area contributed by atoms with Crippen LogP contribution in [0.4, 0.5) is 0 Å². The minimum Gasteiger partial charge on any atom is -0.464 e. The van der Waals surface area contributed by atoms with Gasteiger partial charge in [0.05, 0.1) is 24.9 Å². The molecule has 0 aromatic carbocycles. The molecule has 4 rings (SSSR count). The van der Waals surface area contributed by atoms with Crippen molar-refractivity contribution in [1.82, 2.24) is 24.5 Å². The molecule has 2 aromatic rings. The Labute approximate surface area is 216 Å². The van der Waals surface area contributed by atoms with Gasteiger partial charge in [0.1, 0.15) is 0 Å². The van der Waals surface area contributed by atoms with E-state index >= 15 is 0 Å². The quantitative estimate of drug-likeness (QED) is 0.523. The minimum atomic E-state index is -1.74.